The van der Waals surface area contributed by atoms with E-state index in [-0.39, 0.29) is 6.61 Å². The number of benzene rings is 2. The molecule has 144 valence electrons. The summed E-state index contributed by atoms with van der Waals surface area (Å²) in [7, 11) is 1.52. The van der Waals surface area contributed by atoms with E-state index in [4.69, 9.17) is 14.2 Å². The van der Waals surface area contributed by atoms with Gasteiger partial charge in [-0.15, -0.1) is 0 Å². The summed E-state index contributed by atoms with van der Waals surface area (Å²) in [5, 5.41) is 0. The maximum Gasteiger partial charge on any atom is 0.276 e. The van der Waals surface area contributed by atoms with Crippen molar-refractivity contribution in [1.29, 1.82) is 0 Å². The Balaban J connectivity index is 1.87. The van der Waals surface area contributed by atoms with Crippen LogP contribution in [0.1, 0.15) is 24.2 Å². The van der Waals surface area contributed by atoms with Crippen LogP contribution in [0.25, 0.3) is 0 Å². The van der Waals surface area contributed by atoms with Crippen molar-refractivity contribution in [2.45, 2.75) is 13.8 Å². The van der Waals surface area contributed by atoms with E-state index in [9.17, 15) is 9.59 Å². The van der Waals surface area contributed by atoms with Gasteiger partial charge in [-0.25, -0.2) is 0 Å². The molecule has 0 saturated heterocycles. The first kappa shape index (κ1) is 20.1. The van der Waals surface area contributed by atoms with Gasteiger partial charge in [0.2, 0.25) is 0 Å². The molecule has 0 fully saturated rings. The second-order valence-corrected chi connectivity index (χ2v) is 6.14. The van der Waals surface area contributed by atoms with Gasteiger partial charge in [0.05, 0.1) is 19.3 Å². The first-order valence-electron chi connectivity index (χ1n) is 8.58. The van der Waals surface area contributed by atoms with E-state index in [2.05, 4.69) is 10.9 Å². The molecule has 0 bridgehead atoms. The lowest BCUT2D eigenvalue weighted by Gasteiger charge is -2.14. The third-order valence-electron chi connectivity index (χ3n) is 3.45. The highest BCUT2D eigenvalue weighted by molar-refractivity contribution is 5.97. The lowest BCUT2D eigenvalue weighted by atomic mass is 10.2. The third kappa shape index (κ3) is 6.22. The van der Waals surface area contributed by atoms with Gasteiger partial charge in [-0.1, -0.05) is 38.1 Å². The molecule has 7 nitrogen and oxygen atoms in total. The van der Waals surface area contributed by atoms with Crippen molar-refractivity contribution in [3.63, 3.8) is 0 Å². The zero-order valence-corrected chi connectivity index (χ0v) is 15.7. The monoisotopic (exact) mass is 372 g/mol. The van der Waals surface area contributed by atoms with Crippen LogP contribution in [0.5, 0.6) is 17.2 Å². The zero-order chi connectivity index (χ0) is 19.6. The highest BCUT2D eigenvalue weighted by Crippen LogP contribution is 2.25. The third-order valence-corrected chi connectivity index (χ3v) is 3.45. The largest absolute Gasteiger partial charge is 0.493 e. The maximum absolute atomic E-state index is 12.3. The zero-order valence-electron chi connectivity index (χ0n) is 15.7. The predicted octanol–water partition coefficient (Wildman–Crippen LogP) is 2.57. The van der Waals surface area contributed by atoms with Crippen LogP contribution in [-0.2, 0) is 4.79 Å². The van der Waals surface area contributed by atoms with E-state index >= 15 is 0 Å². The second kappa shape index (κ2) is 10.1. The van der Waals surface area contributed by atoms with Crippen LogP contribution in [0.15, 0.2) is 48.5 Å². The predicted molar refractivity (Wildman–Crippen MR) is 101 cm³/mol. The molecule has 0 unspecified atom stereocenters. The van der Waals surface area contributed by atoms with Crippen molar-refractivity contribution in [2.75, 3.05) is 20.3 Å². The number of ether oxygens (including phenoxy) is 3. The summed E-state index contributed by atoms with van der Waals surface area (Å²) in [5.41, 5.74) is 5.02. The Bertz CT molecular complexity index is 776. The fourth-order valence-corrected chi connectivity index (χ4v) is 2.15. The Morgan fingerprint density at radius 1 is 0.889 bits per heavy atom. The quantitative estimate of drug-likeness (QED) is 0.696. The first-order chi connectivity index (χ1) is 13.0. The Morgan fingerprint density at radius 3 is 2.19 bits per heavy atom. The molecule has 2 amide bonds. The Morgan fingerprint density at radius 2 is 1.52 bits per heavy atom. The Labute approximate surface area is 158 Å². The standard InChI is InChI=1S/C20H24N2O5/c1-14(2)12-26-16-9-5-4-8-15(16)20(24)22-21-19(23)13-27-18-11-7-6-10-17(18)25-3/h4-11,14H,12-13H2,1-3H3,(H,21,23)(H,22,24). The fourth-order valence-electron chi connectivity index (χ4n) is 2.15. The number of rotatable bonds is 8. The number of carbonyl (C=O) groups excluding carboxylic acids is 2. The topological polar surface area (TPSA) is 85.9 Å². The number of para-hydroxylation sites is 3. The van der Waals surface area contributed by atoms with Crippen LogP contribution >= 0.6 is 0 Å². The van der Waals surface area contributed by atoms with E-state index < -0.39 is 11.8 Å². The number of hydrogen-bond donors (Lipinski definition) is 2. The summed E-state index contributed by atoms with van der Waals surface area (Å²) in [6.45, 7) is 4.25. The van der Waals surface area contributed by atoms with Gasteiger partial charge < -0.3 is 14.2 Å². The molecule has 0 radical (unpaired) electrons. The highest BCUT2D eigenvalue weighted by Gasteiger charge is 2.14. The number of hydrogen-bond acceptors (Lipinski definition) is 5. The van der Waals surface area contributed by atoms with E-state index in [0.717, 1.165) is 0 Å². The number of hydrazine groups is 1. The summed E-state index contributed by atoms with van der Waals surface area (Å²) in [5.74, 6) is 0.769. The van der Waals surface area contributed by atoms with Gasteiger partial charge in [0.15, 0.2) is 18.1 Å². The van der Waals surface area contributed by atoms with Crippen molar-refractivity contribution in [3.05, 3.63) is 54.1 Å². The Kier molecular flexibility index (Phi) is 7.49. The van der Waals surface area contributed by atoms with Gasteiger partial charge in [-0.05, 0) is 30.2 Å². The molecule has 2 aromatic carbocycles. The lowest BCUT2D eigenvalue weighted by molar-refractivity contribution is -0.123. The van der Waals surface area contributed by atoms with Crippen molar-refractivity contribution < 1.29 is 23.8 Å². The van der Waals surface area contributed by atoms with Crippen LogP contribution < -0.4 is 25.1 Å². The van der Waals surface area contributed by atoms with Crippen molar-refractivity contribution in [1.82, 2.24) is 10.9 Å². The fraction of sp³-hybridized carbons (Fsp3) is 0.300. The highest BCUT2D eigenvalue weighted by atomic mass is 16.5. The van der Waals surface area contributed by atoms with Crippen molar-refractivity contribution in [2.24, 2.45) is 5.92 Å². The number of nitrogens with one attached hydrogen (secondary N) is 2. The molecule has 7 heteroatoms. The molecular weight excluding hydrogens is 348 g/mol. The Hall–Kier alpha value is -3.22. The molecule has 0 aliphatic carbocycles. The summed E-state index contributed by atoms with van der Waals surface area (Å²) in [4.78, 5) is 24.3. The van der Waals surface area contributed by atoms with Gasteiger partial charge in [0.1, 0.15) is 5.75 Å². The minimum atomic E-state index is -0.505. The van der Waals surface area contributed by atoms with Crippen LogP contribution in [0.4, 0.5) is 0 Å². The second-order valence-electron chi connectivity index (χ2n) is 6.14. The number of carbonyl (C=O) groups is 2. The maximum atomic E-state index is 12.3. The molecule has 0 heterocycles. The van der Waals surface area contributed by atoms with Gasteiger partial charge >= 0.3 is 0 Å². The van der Waals surface area contributed by atoms with E-state index in [1.807, 2.05) is 13.8 Å². The number of methoxy groups -OCH3 is 1. The van der Waals surface area contributed by atoms with Crippen LogP contribution in [0.3, 0.4) is 0 Å². The van der Waals surface area contributed by atoms with Gasteiger partial charge in [0, 0.05) is 0 Å². The minimum Gasteiger partial charge on any atom is -0.493 e. The van der Waals surface area contributed by atoms with Crippen LogP contribution in [-0.4, -0.2) is 32.1 Å². The lowest BCUT2D eigenvalue weighted by Crippen LogP contribution is -2.44. The van der Waals surface area contributed by atoms with E-state index in [1.54, 1.807) is 48.5 Å². The molecule has 27 heavy (non-hydrogen) atoms. The van der Waals surface area contributed by atoms with E-state index in [0.29, 0.717) is 35.3 Å². The van der Waals surface area contributed by atoms with Gasteiger partial charge in [0.25, 0.3) is 11.8 Å². The normalized spacial score (nSPS) is 10.2. The van der Waals surface area contributed by atoms with E-state index in [1.165, 1.54) is 7.11 Å². The van der Waals surface area contributed by atoms with Crippen LogP contribution in [0, 0.1) is 5.92 Å². The van der Waals surface area contributed by atoms with Crippen molar-refractivity contribution >= 4 is 11.8 Å². The van der Waals surface area contributed by atoms with Gasteiger partial charge in [-0.3, -0.25) is 20.4 Å². The van der Waals surface area contributed by atoms with Crippen molar-refractivity contribution in [3.8, 4) is 17.2 Å². The molecule has 0 aromatic heterocycles. The number of amides is 2. The summed E-state index contributed by atoms with van der Waals surface area (Å²) >= 11 is 0. The summed E-state index contributed by atoms with van der Waals surface area (Å²) < 4.78 is 16.2. The smallest absolute Gasteiger partial charge is 0.276 e. The molecule has 0 aliphatic rings. The molecular formula is C20H24N2O5. The molecule has 2 N–H and O–H groups in total. The molecule has 2 rings (SSSR count). The molecule has 0 saturated carbocycles. The van der Waals surface area contributed by atoms with Crippen LogP contribution in [0.2, 0.25) is 0 Å². The molecule has 0 spiro atoms. The summed E-state index contributed by atoms with van der Waals surface area (Å²) in [6, 6.07) is 13.8. The SMILES string of the molecule is COc1ccccc1OCC(=O)NNC(=O)c1ccccc1OCC(C)C. The first-order valence-corrected chi connectivity index (χ1v) is 8.58. The molecule has 2 aromatic rings. The molecule has 0 aliphatic heterocycles. The average Bonchev–Trinajstić information content (AvgIpc) is 2.69. The van der Waals surface area contributed by atoms with Gasteiger partial charge in [-0.2, -0.15) is 0 Å². The average molecular weight is 372 g/mol. The minimum absolute atomic E-state index is 0.272. The summed E-state index contributed by atoms with van der Waals surface area (Å²) in [6.07, 6.45) is 0. The molecule has 0 atom stereocenters.